The van der Waals surface area contributed by atoms with Gasteiger partial charge in [0.25, 0.3) is 5.56 Å². The Kier molecular flexibility index (Phi) is 5.97. The molecule has 1 aromatic heterocycles. The molecule has 8 heteroatoms. The van der Waals surface area contributed by atoms with E-state index in [0.29, 0.717) is 43.8 Å². The van der Waals surface area contributed by atoms with Crippen LogP contribution in [0.4, 0.5) is 0 Å². The molecule has 156 valence electrons. The number of fused-ring (bicyclic) bond motifs is 1. The number of hydrogen-bond acceptors (Lipinski definition) is 5. The number of hydrogen-bond donors (Lipinski definition) is 1. The average Bonchev–Trinajstić information content (AvgIpc) is 2.78. The highest BCUT2D eigenvalue weighted by atomic mass is 35.5. The highest BCUT2D eigenvalue weighted by molar-refractivity contribution is 7.98. The summed E-state index contributed by atoms with van der Waals surface area (Å²) >= 11 is 7.53. The van der Waals surface area contributed by atoms with Crippen molar-refractivity contribution in [3.05, 3.63) is 93.2 Å². The summed E-state index contributed by atoms with van der Waals surface area (Å²) in [7, 11) is 1.56. The fourth-order valence-corrected chi connectivity index (χ4v) is 4.30. The largest absolute Gasteiger partial charge is 0.495 e. The number of halogens is 1. The Balaban J connectivity index is 1.82. The zero-order chi connectivity index (χ0) is 22.0. The Morgan fingerprint density at radius 1 is 1.13 bits per heavy atom. The van der Waals surface area contributed by atoms with E-state index in [1.807, 2.05) is 30.3 Å². The SMILES string of the molecule is COc1ccccc1-n1c(SCc2ccc(C(N)=O)cc2)nc2cc(Cl)ccc2c1=O. The Morgan fingerprint density at radius 2 is 1.87 bits per heavy atom. The fraction of sp³-hybridized carbons (Fsp3) is 0.0870. The van der Waals surface area contributed by atoms with Crippen LogP contribution >= 0.6 is 23.4 Å². The number of para-hydroxylation sites is 2. The average molecular weight is 452 g/mol. The number of aromatic nitrogens is 2. The van der Waals surface area contributed by atoms with E-state index >= 15 is 0 Å². The number of nitrogens with zero attached hydrogens (tertiary/aromatic N) is 2. The van der Waals surface area contributed by atoms with E-state index in [4.69, 9.17) is 27.1 Å². The van der Waals surface area contributed by atoms with Crippen molar-refractivity contribution in [1.29, 1.82) is 0 Å². The van der Waals surface area contributed by atoms with Crippen LogP contribution in [0.15, 0.2) is 76.7 Å². The first-order valence-electron chi connectivity index (χ1n) is 9.35. The number of carbonyl (C=O) groups is 1. The molecule has 1 heterocycles. The van der Waals surface area contributed by atoms with Gasteiger partial charge in [-0.25, -0.2) is 4.98 Å². The Labute approximate surface area is 187 Å². The van der Waals surface area contributed by atoms with Crippen LogP contribution in [0.2, 0.25) is 5.02 Å². The van der Waals surface area contributed by atoms with Crippen molar-refractivity contribution in [2.75, 3.05) is 7.11 Å². The van der Waals surface area contributed by atoms with Crippen molar-refractivity contribution in [1.82, 2.24) is 9.55 Å². The summed E-state index contributed by atoms with van der Waals surface area (Å²) in [4.78, 5) is 29.4. The van der Waals surface area contributed by atoms with Crippen LogP contribution in [0.1, 0.15) is 15.9 Å². The smallest absolute Gasteiger partial charge is 0.266 e. The van der Waals surface area contributed by atoms with Gasteiger partial charge in [-0.15, -0.1) is 0 Å². The number of carbonyl (C=O) groups excluding carboxylic acids is 1. The molecule has 2 N–H and O–H groups in total. The predicted molar refractivity (Wildman–Crippen MR) is 123 cm³/mol. The highest BCUT2D eigenvalue weighted by Crippen LogP contribution is 2.29. The first-order valence-corrected chi connectivity index (χ1v) is 10.7. The Hall–Kier alpha value is -3.29. The van der Waals surface area contributed by atoms with E-state index in [1.165, 1.54) is 11.8 Å². The zero-order valence-electron chi connectivity index (χ0n) is 16.5. The zero-order valence-corrected chi connectivity index (χ0v) is 18.1. The van der Waals surface area contributed by atoms with Crippen molar-refractivity contribution in [2.45, 2.75) is 10.9 Å². The number of thioether (sulfide) groups is 1. The molecule has 6 nitrogen and oxygen atoms in total. The molecule has 31 heavy (non-hydrogen) atoms. The van der Waals surface area contributed by atoms with Crippen LogP contribution in [-0.2, 0) is 5.75 Å². The lowest BCUT2D eigenvalue weighted by molar-refractivity contribution is 0.100. The van der Waals surface area contributed by atoms with E-state index in [9.17, 15) is 9.59 Å². The van der Waals surface area contributed by atoms with Gasteiger partial charge in [0.1, 0.15) is 5.75 Å². The molecular weight excluding hydrogens is 434 g/mol. The minimum absolute atomic E-state index is 0.210. The second-order valence-corrected chi connectivity index (χ2v) is 8.10. The Bertz CT molecular complexity index is 1340. The lowest BCUT2D eigenvalue weighted by Gasteiger charge is -2.16. The fourth-order valence-electron chi connectivity index (χ4n) is 3.18. The van der Waals surface area contributed by atoms with Crippen LogP contribution in [0, 0.1) is 0 Å². The van der Waals surface area contributed by atoms with Gasteiger partial charge < -0.3 is 10.5 Å². The maximum Gasteiger partial charge on any atom is 0.266 e. The van der Waals surface area contributed by atoms with Crippen molar-refractivity contribution in [2.24, 2.45) is 5.73 Å². The van der Waals surface area contributed by atoms with Gasteiger partial charge >= 0.3 is 0 Å². The normalized spacial score (nSPS) is 10.9. The molecule has 0 aliphatic rings. The van der Waals surface area contributed by atoms with Crippen LogP contribution in [-0.4, -0.2) is 22.6 Å². The van der Waals surface area contributed by atoms with E-state index < -0.39 is 5.91 Å². The van der Waals surface area contributed by atoms with Gasteiger partial charge in [-0.3, -0.25) is 14.2 Å². The number of nitrogens with two attached hydrogens (primary N) is 1. The van der Waals surface area contributed by atoms with Gasteiger partial charge in [0.05, 0.1) is 23.7 Å². The molecule has 0 saturated heterocycles. The minimum atomic E-state index is -0.475. The third-order valence-electron chi connectivity index (χ3n) is 4.73. The number of rotatable bonds is 6. The first-order chi connectivity index (χ1) is 15.0. The van der Waals surface area contributed by atoms with E-state index in [2.05, 4.69) is 0 Å². The summed E-state index contributed by atoms with van der Waals surface area (Å²) in [6.45, 7) is 0. The summed E-state index contributed by atoms with van der Waals surface area (Å²) in [6.07, 6.45) is 0. The number of benzene rings is 3. The molecule has 4 rings (SSSR count). The Morgan fingerprint density at radius 3 is 2.58 bits per heavy atom. The lowest BCUT2D eigenvalue weighted by Crippen LogP contribution is -2.22. The van der Waals surface area contributed by atoms with Crippen LogP contribution in [0.3, 0.4) is 0 Å². The molecule has 3 aromatic carbocycles. The summed E-state index contributed by atoms with van der Waals surface area (Å²) in [5.41, 5.74) is 7.63. The van der Waals surface area contributed by atoms with Gasteiger partial charge in [-0.2, -0.15) is 0 Å². The number of amides is 1. The van der Waals surface area contributed by atoms with E-state index in [-0.39, 0.29) is 5.56 Å². The molecular formula is C23H18ClN3O3S. The van der Waals surface area contributed by atoms with Crippen LogP contribution < -0.4 is 16.0 Å². The number of methoxy groups -OCH3 is 1. The summed E-state index contributed by atoms with van der Waals surface area (Å²) in [5.74, 6) is 0.622. The molecule has 4 aromatic rings. The van der Waals surface area contributed by atoms with Crippen LogP contribution in [0.25, 0.3) is 16.6 Å². The van der Waals surface area contributed by atoms with E-state index in [1.54, 1.807) is 48.1 Å². The predicted octanol–water partition coefficient (Wildman–Crippen LogP) is 4.44. The van der Waals surface area contributed by atoms with Gasteiger partial charge in [-0.1, -0.05) is 47.6 Å². The van der Waals surface area contributed by atoms with Gasteiger partial charge in [0, 0.05) is 16.3 Å². The third-order valence-corrected chi connectivity index (χ3v) is 5.98. The highest BCUT2D eigenvalue weighted by Gasteiger charge is 2.17. The molecule has 0 radical (unpaired) electrons. The van der Waals surface area contributed by atoms with Gasteiger partial charge in [0.15, 0.2) is 5.16 Å². The number of ether oxygens (including phenoxy) is 1. The second-order valence-electron chi connectivity index (χ2n) is 6.72. The quantitative estimate of drug-likeness (QED) is 0.346. The summed E-state index contributed by atoms with van der Waals surface area (Å²) < 4.78 is 7.03. The molecule has 0 saturated carbocycles. The first kappa shape index (κ1) is 21.0. The topological polar surface area (TPSA) is 87.2 Å². The van der Waals surface area contributed by atoms with Gasteiger partial charge in [-0.05, 0) is 48.0 Å². The maximum absolute atomic E-state index is 13.4. The second kappa shape index (κ2) is 8.83. The van der Waals surface area contributed by atoms with Crippen molar-refractivity contribution >= 4 is 40.2 Å². The molecule has 1 amide bonds. The van der Waals surface area contributed by atoms with E-state index in [0.717, 1.165) is 5.56 Å². The minimum Gasteiger partial charge on any atom is -0.495 e. The van der Waals surface area contributed by atoms with Crippen molar-refractivity contribution in [3.63, 3.8) is 0 Å². The molecule has 0 fully saturated rings. The third kappa shape index (κ3) is 4.28. The molecule has 0 aliphatic heterocycles. The molecule has 0 atom stereocenters. The van der Waals surface area contributed by atoms with Crippen molar-refractivity contribution < 1.29 is 9.53 Å². The molecule has 0 bridgehead atoms. The molecule has 0 unspecified atom stereocenters. The van der Waals surface area contributed by atoms with Gasteiger partial charge in [0.2, 0.25) is 5.91 Å². The maximum atomic E-state index is 13.4. The summed E-state index contributed by atoms with van der Waals surface area (Å²) in [5, 5.41) is 1.47. The molecule has 0 aliphatic carbocycles. The molecule has 0 spiro atoms. The lowest BCUT2D eigenvalue weighted by atomic mass is 10.1. The standard InChI is InChI=1S/C23H18ClN3O3S/c1-30-20-5-3-2-4-19(20)27-22(29)17-11-10-16(24)12-18(17)26-23(27)31-13-14-6-8-15(9-7-14)21(25)28/h2-12H,13H2,1H3,(H2,25,28). The van der Waals surface area contributed by atoms with Crippen molar-refractivity contribution in [3.8, 4) is 11.4 Å². The number of primary amides is 1. The van der Waals surface area contributed by atoms with Crippen LogP contribution in [0.5, 0.6) is 5.75 Å². The monoisotopic (exact) mass is 451 g/mol. The summed E-state index contributed by atoms with van der Waals surface area (Å²) in [6, 6.07) is 19.3.